The topological polar surface area (TPSA) is 0 Å². The summed E-state index contributed by atoms with van der Waals surface area (Å²) in [6.45, 7) is 4.43. The monoisotopic (exact) mass is 291 g/mol. The minimum Gasteiger partial charge on any atom is -0.0619 e. The van der Waals surface area contributed by atoms with E-state index in [1.54, 1.807) is 0 Å². The van der Waals surface area contributed by atoms with Crippen LogP contribution < -0.4 is 0 Å². The van der Waals surface area contributed by atoms with Gasteiger partial charge in [0, 0.05) is 11.1 Å². The molecule has 0 aliphatic heterocycles. The van der Waals surface area contributed by atoms with Gasteiger partial charge in [-0.2, -0.15) is 0 Å². The quantitative estimate of drug-likeness (QED) is 0.567. The molecule has 0 heterocycles. The Morgan fingerprint density at radius 1 is 0.524 bits per heavy atom. The molecule has 3 rings (SSSR count). The normalized spacial score (nSPS) is 10.8. The predicted molar refractivity (Wildman–Crippen MR) is 91.0 cm³/mol. The molecule has 0 amide bonds. The molecule has 0 aliphatic rings. The van der Waals surface area contributed by atoms with Crippen LogP contribution in [0.1, 0.15) is 11.1 Å². The molecular weight excluding hydrogens is 272 g/mol. The minimum absolute atomic E-state index is 0.0378. The summed E-state index contributed by atoms with van der Waals surface area (Å²) >= 11 is 0. The summed E-state index contributed by atoms with van der Waals surface area (Å²) < 4.78 is 0. The van der Waals surface area contributed by atoms with Crippen LogP contribution in [0.3, 0.4) is 0 Å². The fourth-order valence-corrected chi connectivity index (χ4v) is 4.99. The molecule has 0 radical (unpaired) electrons. The molecule has 0 unspecified atom stereocenters. The molecule has 0 saturated heterocycles. The Morgan fingerprint density at radius 2 is 0.952 bits per heavy atom. The predicted octanol–water partition coefficient (Wildman–Crippen LogP) is 5.40. The van der Waals surface area contributed by atoms with E-state index >= 15 is 0 Å². The fourth-order valence-electron chi connectivity index (χ4n) is 2.61. The third kappa shape index (κ3) is 2.88. The summed E-state index contributed by atoms with van der Waals surface area (Å²) in [5.41, 5.74) is 2.73. The molecule has 1 heteroatoms. The van der Waals surface area contributed by atoms with Crippen molar-refractivity contribution >= 4 is 10.9 Å². The van der Waals surface area contributed by atoms with Crippen molar-refractivity contribution in [3.63, 3.8) is 0 Å². The Labute approximate surface area is 129 Å². The van der Waals surface area contributed by atoms with Crippen LogP contribution >= 0.6 is 0 Å². The van der Waals surface area contributed by atoms with Gasteiger partial charge in [0.2, 0.25) is 0 Å². The second-order valence-corrected chi connectivity index (χ2v) is 7.12. The number of hydrogen-bond acceptors (Lipinski definition) is 0. The lowest BCUT2D eigenvalue weighted by Gasteiger charge is -2.12. The zero-order valence-corrected chi connectivity index (χ0v) is 13.2. The van der Waals surface area contributed by atoms with E-state index < -0.39 is 0 Å². The van der Waals surface area contributed by atoms with Crippen molar-refractivity contribution in [3.8, 4) is 0 Å². The number of benzene rings is 3. The van der Waals surface area contributed by atoms with Gasteiger partial charge in [-0.25, -0.2) is 0 Å². The summed E-state index contributed by atoms with van der Waals surface area (Å²) in [7, 11) is -0.0378. The van der Waals surface area contributed by atoms with Gasteiger partial charge in [0.1, 0.15) is 0 Å². The molecule has 0 saturated carbocycles. The molecular formula is C20H19S+. The van der Waals surface area contributed by atoms with Crippen molar-refractivity contribution in [1.82, 2.24) is 0 Å². The van der Waals surface area contributed by atoms with Gasteiger partial charge in [-0.15, -0.1) is 0 Å². The first kappa shape index (κ1) is 14.0. The maximum absolute atomic E-state index is 2.24. The van der Waals surface area contributed by atoms with Crippen LogP contribution in [-0.4, -0.2) is 0 Å². The summed E-state index contributed by atoms with van der Waals surface area (Å²) in [6.07, 6.45) is 0. The third-order valence-electron chi connectivity index (χ3n) is 3.57. The maximum Gasteiger partial charge on any atom is 0.172 e. The lowest BCUT2D eigenvalue weighted by atomic mass is 10.2. The molecule has 0 N–H and O–H groups in total. The Balaban J connectivity index is 2.23. The number of rotatable bonds is 3. The summed E-state index contributed by atoms with van der Waals surface area (Å²) in [5, 5.41) is 0. The molecule has 104 valence electrons. The zero-order chi connectivity index (χ0) is 14.7. The standard InChI is InChI=1S/C20H19S/c1-16-10-9-11-17(2)20(16)21(18-12-5-3-6-13-18)19-14-7-4-8-15-19/h3-15H,1-2H3/q+1. The molecule has 0 spiro atoms. The van der Waals surface area contributed by atoms with Crippen molar-refractivity contribution in [2.75, 3.05) is 0 Å². The zero-order valence-electron chi connectivity index (χ0n) is 12.4. The van der Waals surface area contributed by atoms with E-state index in [-0.39, 0.29) is 10.9 Å². The fraction of sp³-hybridized carbons (Fsp3) is 0.100. The van der Waals surface area contributed by atoms with E-state index in [2.05, 4.69) is 92.7 Å². The smallest absolute Gasteiger partial charge is 0.0619 e. The molecule has 3 aromatic rings. The van der Waals surface area contributed by atoms with Crippen LogP contribution in [0.5, 0.6) is 0 Å². The number of hydrogen-bond donors (Lipinski definition) is 0. The van der Waals surface area contributed by atoms with E-state index in [0.717, 1.165) is 0 Å². The average molecular weight is 291 g/mol. The Bertz CT molecular complexity index is 658. The summed E-state index contributed by atoms with van der Waals surface area (Å²) in [6, 6.07) is 28.2. The van der Waals surface area contributed by atoms with E-state index in [0.29, 0.717) is 0 Å². The SMILES string of the molecule is Cc1cccc(C)c1[S+](c1ccccc1)c1ccccc1. The van der Waals surface area contributed by atoms with Crippen molar-refractivity contribution < 1.29 is 0 Å². The lowest BCUT2D eigenvalue weighted by molar-refractivity contribution is 1.19. The van der Waals surface area contributed by atoms with Crippen LogP contribution in [0.25, 0.3) is 0 Å². The van der Waals surface area contributed by atoms with Crippen molar-refractivity contribution in [1.29, 1.82) is 0 Å². The second kappa shape index (κ2) is 6.19. The second-order valence-electron chi connectivity index (χ2n) is 5.15. The molecule has 0 nitrogen and oxygen atoms in total. The third-order valence-corrected chi connectivity index (χ3v) is 6.11. The highest BCUT2D eigenvalue weighted by molar-refractivity contribution is 7.97. The van der Waals surface area contributed by atoms with Gasteiger partial charge in [0.05, 0.1) is 10.9 Å². The Morgan fingerprint density at radius 3 is 1.38 bits per heavy atom. The van der Waals surface area contributed by atoms with E-state index in [9.17, 15) is 0 Å². The van der Waals surface area contributed by atoms with Crippen LogP contribution in [0.15, 0.2) is 93.5 Å². The van der Waals surface area contributed by atoms with Crippen LogP contribution in [0.2, 0.25) is 0 Å². The van der Waals surface area contributed by atoms with E-state index in [4.69, 9.17) is 0 Å². The lowest BCUT2D eigenvalue weighted by Crippen LogP contribution is -2.08. The molecule has 0 atom stereocenters. The summed E-state index contributed by atoms with van der Waals surface area (Å²) in [5.74, 6) is 0. The highest BCUT2D eigenvalue weighted by Crippen LogP contribution is 2.34. The molecule has 3 aromatic carbocycles. The molecule has 0 bridgehead atoms. The molecule has 0 fully saturated rings. The van der Waals surface area contributed by atoms with Crippen molar-refractivity contribution in [3.05, 3.63) is 90.0 Å². The van der Waals surface area contributed by atoms with Crippen LogP contribution in [0, 0.1) is 13.8 Å². The molecule has 21 heavy (non-hydrogen) atoms. The largest absolute Gasteiger partial charge is 0.172 e. The Hall–Kier alpha value is -1.99. The van der Waals surface area contributed by atoms with E-state index in [1.165, 1.54) is 25.8 Å². The van der Waals surface area contributed by atoms with Gasteiger partial charge in [0.25, 0.3) is 0 Å². The van der Waals surface area contributed by atoms with Crippen LogP contribution in [0.4, 0.5) is 0 Å². The van der Waals surface area contributed by atoms with Crippen molar-refractivity contribution in [2.24, 2.45) is 0 Å². The maximum atomic E-state index is 2.24. The highest BCUT2D eigenvalue weighted by Gasteiger charge is 2.31. The molecule has 0 aliphatic carbocycles. The first-order valence-corrected chi connectivity index (χ1v) is 8.40. The van der Waals surface area contributed by atoms with Gasteiger partial charge in [-0.1, -0.05) is 54.6 Å². The van der Waals surface area contributed by atoms with Gasteiger partial charge in [-0.3, -0.25) is 0 Å². The van der Waals surface area contributed by atoms with Gasteiger partial charge >= 0.3 is 0 Å². The average Bonchev–Trinajstić information content (AvgIpc) is 2.53. The Kier molecular flexibility index (Phi) is 4.12. The van der Waals surface area contributed by atoms with Crippen LogP contribution in [-0.2, 0) is 10.9 Å². The van der Waals surface area contributed by atoms with Gasteiger partial charge in [-0.05, 0) is 38.1 Å². The van der Waals surface area contributed by atoms with Crippen molar-refractivity contribution in [2.45, 2.75) is 28.5 Å². The van der Waals surface area contributed by atoms with Gasteiger partial charge in [0.15, 0.2) is 14.7 Å². The first-order chi connectivity index (χ1) is 10.3. The molecule has 0 aromatic heterocycles. The first-order valence-electron chi connectivity index (χ1n) is 7.18. The van der Waals surface area contributed by atoms with Gasteiger partial charge < -0.3 is 0 Å². The minimum atomic E-state index is -0.0378. The van der Waals surface area contributed by atoms with E-state index in [1.807, 2.05) is 0 Å². The summed E-state index contributed by atoms with van der Waals surface area (Å²) in [4.78, 5) is 4.21. The number of aryl methyl sites for hydroxylation is 2. The highest BCUT2D eigenvalue weighted by atomic mass is 32.2.